The van der Waals surface area contributed by atoms with Crippen LogP contribution < -0.4 is 4.74 Å². The average molecular weight is 495 g/mol. The van der Waals surface area contributed by atoms with E-state index in [0.717, 1.165) is 47.2 Å². The Hall–Kier alpha value is -3.54. The smallest absolute Gasteiger partial charge is 0.303 e. The summed E-state index contributed by atoms with van der Waals surface area (Å²) in [6.07, 6.45) is 1.76. The fourth-order valence-corrected chi connectivity index (χ4v) is 4.70. The van der Waals surface area contributed by atoms with E-state index in [0.29, 0.717) is 17.7 Å². The molecule has 3 aromatic carbocycles. The highest BCUT2D eigenvalue weighted by atomic mass is 19.3. The summed E-state index contributed by atoms with van der Waals surface area (Å²) in [5.74, 6) is -0.771. The van der Waals surface area contributed by atoms with Gasteiger partial charge in [-0.1, -0.05) is 50.3 Å². The van der Waals surface area contributed by atoms with Gasteiger partial charge in [0.25, 0.3) is 6.43 Å². The Morgan fingerprint density at radius 2 is 1.81 bits per heavy atom. The van der Waals surface area contributed by atoms with Gasteiger partial charge in [0.1, 0.15) is 18.2 Å². The number of aryl methyl sites for hydroxylation is 1. The molecule has 0 fully saturated rings. The van der Waals surface area contributed by atoms with Crippen LogP contribution in [0.5, 0.6) is 5.75 Å². The maximum absolute atomic E-state index is 14.9. The van der Waals surface area contributed by atoms with Crippen LogP contribution in [0, 0.1) is 11.2 Å². The first-order valence-corrected chi connectivity index (χ1v) is 12.0. The number of alkyl halides is 2. The van der Waals surface area contributed by atoms with E-state index >= 15 is 0 Å². The summed E-state index contributed by atoms with van der Waals surface area (Å²) >= 11 is 0. The first kappa shape index (κ1) is 25.5. The van der Waals surface area contributed by atoms with Gasteiger partial charge in [-0.25, -0.2) is 13.2 Å². The number of aliphatic carboxylic acids is 1. The van der Waals surface area contributed by atoms with Crippen LogP contribution in [-0.2, 0) is 17.8 Å². The van der Waals surface area contributed by atoms with E-state index in [1.807, 2.05) is 36.4 Å². The zero-order valence-electron chi connectivity index (χ0n) is 20.4. The molecule has 188 valence electrons. The van der Waals surface area contributed by atoms with Gasteiger partial charge in [-0.05, 0) is 82.8 Å². The molecular weight excluding hydrogens is 465 g/mol. The molecule has 0 bridgehead atoms. The molecule has 3 nitrogen and oxygen atoms in total. The summed E-state index contributed by atoms with van der Waals surface area (Å²) in [5, 5.41) is 8.92. The van der Waals surface area contributed by atoms with E-state index in [9.17, 15) is 18.0 Å². The monoisotopic (exact) mass is 494 g/mol. The van der Waals surface area contributed by atoms with Crippen molar-refractivity contribution in [3.05, 3.63) is 94.8 Å². The van der Waals surface area contributed by atoms with E-state index < -0.39 is 18.2 Å². The average Bonchev–Trinajstić information content (AvgIpc) is 3.20. The van der Waals surface area contributed by atoms with Gasteiger partial charge in [0.15, 0.2) is 0 Å². The largest absolute Gasteiger partial charge is 0.489 e. The predicted molar refractivity (Wildman–Crippen MR) is 135 cm³/mol. The molecule has 4 rings (SSSR count). The van der Waals surface area contributed by atoms with Gasteiger partial charge in [-0.15, -0.1) is 0 Å². The third-order valence-corrected chi connectivity index (χ3v) is 6.69. The van der Waals surface area contributed by atoms with E-state index in [1.54, 1.807) is 6.07 Å². The van der Waals surface area contributed by atoms with Crippen molar-refractivity contribution in [2.45, 2.75) is 52.6 Å². The van der Waals surface area contributed by atoms with Crippen molar-refractivity contribution >= 4 is 11.5 Å². The fourth-order valence-electron chi connectivity index (χ4n) is 4.70. The van der Waals surface area contributed by atoms with Crippen molar-refractivity contribution < 1.29 is 27.8 Å². The van der Waals surface area contributed by atoms with Crippen molar-refractivity contribution in [2.75, 3.05) is 0 Å². The quantitative estimate of drug-likeness (QED) is 0.326. The van der Waals surface area contributed by atoms with E-state index in [4.69, 9.17) is 9.84 Å². The molecule has 0 saturated heterocycles. The topological polar surface area (TPSA) is 46.5 Å². The van der Waals surface area contributed by atoms with E-state index in [-0.39, 0.29) is 29.6 Å². The number of benzene rings is 3. The van der Waals surface area contributed by atoms with Crippen LogP contribution in [0.3, 0.4) is 0 Å². The Morgan fingerprint density at radius 1 is 1.00 bits per heavy atom. The van der Waals surface area contributed by atoms with Crippen LogP contribution in [0.1, 0.15) is 61.8 Å². The van der Waals surface area contributed by atoms with Gasteiger partial charge < -0.3 is 9.84 Å². The highest BCUT2D eigenvalue weighted by Gasteiger charge is 2.30. The lowest BCUT2D eigenvalue weighted by Crippen LogP contribution is -2.10. The Kier molecular flexibility index (Phi) is 7.53. The van der Waals surface area contributed by atoms with E-state index in [2.05, 4.69) is 19.9 Å². The van der Waals surface area contributed by atoms with Crippen LogP contribution >= 0.6 is 0 Å². The first-order chi connectivity index (χ1) is 17.1. The SMILES string of the molecule is CC1(C)CCC=C1c1cc(COc2cccc(CCC(=O)O)c2)ccc1-c1cc(C(F)F)ccc1F. The summed E-state index contributed by atoms with van der Waals surface area (Å²) in [4.78, 5) is 10.9. The van der Waals surface area contributed by atoms with Crippen LogP contribution in [-0.4, -0.2) is 11.1 Å². The van der Waals surface area contributed by atoms with Gasteiger partial charge in [-0.3, -0.25) is 4.79 Å². The Labute approximate surface area is 209 Å². The summed E-state index contributed by atoms with van der Waals surface area (Å²) in [7, 11) is 0. The molecule has 0 atom stereocenters. The molecule has 6 heteroatoms. The van der Waals surface area contributed by atoms with Crippen molar-refractivity contribution in [2.24, 2.45) is 5.41 Å². The van der Waals surface area contributed by atoms with Crippen molar-refractivity contribution in [1.82, 2.24) is 0 Å². The summed E-state index contributed by atoms with van der Waals surface area (Å²) < 4.78 is 47.6. The zero-order chi connectivity index (χ0) is 25.9. The van der Waals surface area contributed by atoms with Crippen LogP contribution in [0.15, 0.2) is 66.7 Å². The minimum Gasteiger partial charge on any atom is -0.489 e. The number of hydrogen-bond acceptors (Lipinski definition) is 2. The number of rotatable bonds is 9. The molecule has 3 aromatic rings. The van der Waals surface area contributed by atoms with Gasteiger partial charge in [-0.2, -0.15) is 0 Å². The van der Waals surface area contributed by atoms with E-state index in [1.165, 1.54) is 6.07 Å². The number of carbonyl (C=O) groups is 1. The second-order valence-corrected chi connectivity index (χ2v) is 9.79. The molecule has 0 unspecified atom stereocenters. The summed E-state index contributed by atoms with van der Waals surface area (Å²) in [5.41, 5.74) is 4.00. The molecule has 36 heavy (non-hydrogen) atoms. The zero-order valence-corrected chi connectivity index (χ0v) is 20.4. The molecule has 1 aliphatic carbocycles. The number of hydrogen-bond donors (Lipinski definition) is 1. The molecule has 0 amide bonds. The van der Waals surface area contributed by atoms with Gasteiger partial charge in [0.05, 0.1) is 0 Å². The molecule has 0 aromatic heterocycles. The number of allylic oxidation sites excluding steroid dienone is 2. The number of halogens is 3. The maximum Gasteiger partial charge on any atom is 0.303 e. The molecule has 0 heterocycles. The normalized spacial score (nSPS) is 14.7. The predicted octanol–water partition coefficient (Wildman–Crippen LogP) is 8.23. The summed E-state index contributed by atoms with van der Waals surface area (Å²) in [6.45, 7) is 4.52. The van der Waals surface area contributed by atoms with Crippen molar-refractivity contribution in [1.29, 1.82) is 0 Å². The second kappa shape index (κ2) is 10.6. The molecular formula is C30H29F3O3. The molecule has 0 radical (unpaired) electrons. The molecule has 1 aliphatic rings. The van der Waals surface area contributed by atoms with Crippen LogP contribution in [0.25, 0.3) is 16.7 Å². The highest BCUT2D eigenvalue weighted by molar-refractivity contribution is 5.85. The van der Waals surface area contributed by atoms with Gasteiger partial charge in [0.2, 0.25) is 0 Å². The minimum absolute atomic E-state index is 0.0441. The summed E-state index contributed by atoms with van der Waals surface area (Å²) in [6, 6.07) is 16.3. The number of carboxylic acid groups (broad SMARTS) is 1. The Balaban J connectivity index is 1.67. The molecule has 0 saturated carbocycles. The Bertz CT molecular complexity index is 1290. The molecule has 0 aliphatic heterocycles. The van der Waals surface area contributed by atoms with Crippen molar-refractivity contribution in [3.8, 4) is 16.9 Å². The number of carboxylic acids is 1. The first-order valence-electron chi connectivity index (χ1n) is 12.0. The molecule has 1 N–H and O–H groups in total. The lowest BCUT2D eigenvalue weighted by atomic mass is 9.79. The second-order valence-electron chi connectivity index (χ2n) is 9.79. The lowest BCUT2D eigenvalue weighted by molar-refractivity contribution is -0.136. The molecule has 0 spiro atoms. The minimum atomic E-state index is -2.69. The standard InChI is InChI=1S/C30H29F3O3/c1-30(2)14-4-7-26(30)24-16-20(18-36-22-6-3-5-19(15-22)9-13-28(34)35)8-11-23(24)25-17-21(29(32)33)10-12-27(25)31/h3,5-8,10-12,15-17,29H,4,9,13-14,18H2,1-2H3,(H,34,35). The van der Waals surface area contributed by atoms with Crippen molar-refractivity contribution in [3.63, 3.8) is 0 Å². The van der Waals surface area contributed by atoms with Gasteiger partial charge in [0, 0.05) is 17.5 Å². The maximum atomic E-state index is 14.9. The van der Waals surface area contributed by atoms with Crippen LogP contribution in [0.2, 0.25) is 0 Å². The lowest BCUT2D eigenvalue weighted by Gasteiger charge is -2.25. The number of ether oxygens (including phenoxy) is 1. The Morgan fingerprint density at radius 3 is 2.50 bits per heavy atom. The van der Waals surface area contributed by atoms with Crippen LogP contribution in [0.4, 0.5) is 13.2 Å². The third-order valence-electron chi connectivity index (χ3n) is 6.69. The fraction of sp³-hybridized carbons (Fsp3) is 0.300. The third kappa shape index (κ3) is 5.81. The van der Waals surface area contributed by atoms with Gasteiger partial charge >= 0.3 is 5.97 Å². The highest BCUT2D eigenvalue weighted by Crippen LogP contribution is 2.47.